The van der Waals surface area contributed by atoms with Gasteiger partial charge in [-0.2, -0.15) is 13.2 Å². The van der Waals surface area contributed by atoms with Crippen LogP contribution in [0.25, 0.3) is 5.57 Å². The maximum Gasteiger partial charge on any atom is 0.416 e. The van der Waals surface area contributed by atoms with Crippen LogP contribution in [0.2, 0.25) is 0 Å². The molecule has 1 aliphatic rings. The minimum atomic E-state index is -4.47. The molecule has 0 saturated heterocycles. The molecule has 1 aliphatic carbocycles. The molecule has 152 valence electrons. The van der Waals surface area contributed by atoms with E-state index in [-0.39, 0.29) is 12.2 Å². The smallest absolute Gasteiger partial charge is 0.416 e. The highest BCUT2D eigenvalue weighted by Gasteiger charge is 2.37. The third kappa shape index (κ3) is 3.63. The van der Waals surface area contributed by atoms with Crippen molar-refractivity contribution in [2.75, 3.05) is 6.61 Å². The van der Waals surface area contributed by atoms with E-state index in [9.17, 15) is 18.0 Å². The number of rotatable bonds is 4. The van der Waals surface area contributed by atoms with Crippen LogP contribution in [0, 0.1) is 0 Å². The fraction of sp³-hybridized carbons (Fsp3) is 0.160. The van der Waals surface area contributed by atoms with Gasteiger partial charge in [0.05, 0.1) is 17.7 Å². The van der Waals surface area contributed by atoms with Crippen molar-refractivity contribution in [2.45, 2.75) is 19.0 Å². The summed E-state index contributed by atoms with van der Waals surface area (Å²) in [6, 6.07) is 20.2. The van der Waals surface area contributed by atoms with Gasteiger partial charge in [0.25, 0.3) is 0 Å². The Hall–Kier alpha value is -3.34. The van der Waals surface area contributed by atoms with Gasteiger partial charge in [0.15, 0.2) is 0 Å². The molecule has 4 rings (SSSR count). The van der Waals surface area contributed by atoms with E-state index in [0.29, 0.717) is 11.1 Å². The molecule has 0 N–H and O–H groups in total. The molecule has 0 bridgehead atoms. The standard InChI is InChI=1S/C25H19F3O2/c1-2-30-24(29)17-12-13-18-20(16-8-4-3-5-9-16)15-22(21(18)14-17)19-10-6-7-11-23(19)25(26,27)28/h3-15,22H,2H2,1H3. The lowest BCUT2D eigenvalue weighted by atomic mass is 9.88. The Morgan fingerprint density at radius 3 is 2.33 bits per heavy atom. The Balaban J connectivity index is 1.91. The molecule has 0 heterocycles. The number of esters is 1. The van der Waals surface area contributed by atoms with E-state index in [2.05, 4.69) is 0 Å². The summed E-state index contributed by atoms with van der Waals surface area (Å²) in [5, 5.41) is 0. The maximum absolute atomic E-state index is 13.7. The van der Waals surface area contributed by atoms with Gasteiger partial charge >= 0.3 is 12.1 Å². The molecule has 0 saturated carbocycles. The summed E-state index contributed by atoms with van der Waals surface area (Å²) < 4.78 is 46.2. The number of hydrogen-bond donors (Lipinski definition) is 0. The number of alkyl halides is 3. The Bertz CT molecular complexity index is 1110. The maximum atomic E-state index is 13.7. The van der Waals surface area contributed by atoms with Crippen molar-refractivity contribution in [2.24, 2.45) is 0 Å². The zero-order chi connectivity index (χ0) is 21.3. The van der Waals surface area contributed by atoms with Crippen LogP contribution in [0.3, 0.4) is 0 Å². The van der Waals surface area contributed by atoms with Crippen LogP contribution in [0.4, 0.5) is 13.2 Å². The molecule has 2 nitrogen and oxygen atoms in total. The second kappa shape index (κ2) is 7.82. The predicted octanol–water partition coefficient (Wildman–Crippen LogP) is 6.46. The van der Waals surface area contributed by atoms with E-state index >= 15 is 0 Å². The van der Waals surface area contributed by atoms with E-state index in [1.54, 1.807) is 31.2 Å². The molecule has 1 atom stereocenters. The number of ether oxygens (including phenoxy) is 1. The van der Waals surface area contributed by atoms with E-state index < -0.39 is 23.6 Å². The summed E-state index contributed by atoms with van der Waals surface area (Å²) in [5.74, 6) is -1.11. The molecule has 5 heteroatoms. The second-order valence-electron chi connectivity index (χ2n) is 7.03. The van der Waals surface area contributed by atoms with Crippen LogP contribution in [0.1, 0.15) is 51.0 Å². The summed E-state index contributed by atoms with van der Waals surface area (Å²) in [6.07, 6.45) is -2.63. The molecule has 0 aliphatic heterocycles. The molecule has 0 spiro atoms. The van der Waals surface area contributed by atoms with E-state index in [0.717, 1.165) is 22.8 Å². The summed E-state index contributed by atoms with van der Waals surface area (Å²) >= 11 is 0. The van der Waals surface area contributed by atoms with Crippen LogP contribution in [-0.4, -0.2) is 12.6 Å². The Morgan fingerprint density at radius 1 is 0.933 bits per heavy atom. The minimum absolute atomic E-state index is 0.165. The van der Waals surface area contributed by atoms with Crippen molar-refractivity contribution in [1.82, 2.24) is 0 Å². The lowest BCUT2D eigenvalue weighted by molar-refractivity contribution is -0.138. The highest BCUT2D eigenvalue weighted by atomic mass is 19.4. The number of allylic oxidation sites excluding steroid dienone is 1. The summed E-state index contributed by atoms with van der Waals surface area (Å²) in [7, 11) is 0. The highest BCUT2D eigenvalue weighted by molar-refractivity contribution is 5.93. The number of halogens is 3. The van der Waals surface area contributed by atoms with Crippen LogP contribution in [-0.2, 0) is 10.9 Å². The molecule has 0 aromatic heterocycles. The zero-order valence-corrected chi connectivity index (χ0v) is 16.2. The normalized spacial score (nSPS) is 15.5. The first-order valence-electron chi connectivity index (χ1n) is 9.65. The summed E-state index contributed by atoms with van der Waals surface area (Å²) in [4.78, 5) is 12.2. The monoisotopic (exact) mass is 408 g/mol. The van der Waals surface area contributed by atoms with Crippen LogP contribution >= 0.6 is 0 Å². The van der Waals surface area contributed by atoms with Crippen molar-refractivity contribution < 1.29 is 22.7 Å². The molecule has 1 unspecified atom stereocenters. The first kappa shape index (κ1) is 20.0. The van der Waals surface area contributed by atoms with E-state index in [1.165, 1.54) is 12.1 Å². The van der Waals surface area contributed by atoms with Crippen molar-refractivity contribution in [3.63, 3.8) is 0 Å². The van der Waals surface area contributed by atoms with Gasteiger partial charge in [-0.25, -0.2) is 4.79 Å². The average molecular weight is 408 g/mol. The number of benzene rings is 3. The van der Waals surface area contributed by atoms with Crippen LogP contribution in [0.5, 0.6) is 0 Å². The number of fused-ring (bicyclic) bond motifs is 1. The fourth-order valence-electron chi connectivity index (χ4n) is 3.91. The Labute approximate surface area is 172 Å². The average Bonchev–Trinajstić information content (AvgIpc) is 3.13. The number of carbonyl (C=O) groups excluding carboxylic acids is 1. The molecular formula is C25H19F3O2. The first-order valence-corrected chi connectivity index (χ1v) is 9.65. The Morgan fingerprint density at radius 2 is 1.63 bits per heavy atom. The zero-order valence-electron chi connectivity index (χ0n) is 16.2. The molecule has 30 heavy (non-hydrogen) atoms. The lowest BCUT2D eigenvalue weighted by Crippen LogP contribution is -2.12. The number of hydrogen-bond acceptors (Lipinski definition) is 2. The van der Waals surface area contributed by atoms with Crippen molar-refractivity contribution in [1.29, 1.82) is 0 Å². The van der Waals surface area contributed by atoms with Gasteiger partial charge in [0, 0.05) is 5.92 Å². The topological polar surface area (TPSA) is 26.3 Å². The quantitative estimate of drug-likeness (QED) is 0.463. The van der Waals surface area contributed by atoms with Gasteiger partial charge in [0.1, 0.15) is 0 Å². The van der Waals surface area contributed by atoms with Crippen molar-refractivity contribution >= 4 is 11.5 Å². The van der Waals surface area contributed by atoms with Crippen molar-refractivity contribution in [3.05, 3.63) is 112 Å². The second-order valence-corrected chi connectivity index (χ2v) is 7.03. The van der Waals surface area contributed by atoms with Gasteiger partial charge in [0.2, 0.25) is 0 Å². The fourth-order valence-corrected chi connectivity index (χ4v) is 3.91. The molecule has 3 aromatic carbocycles. The third-order valence-corrected chi connectivity index (χ3v) is 5.21. The molecular weight excluding hydrogens is 389 g/mol. The van der Waals surface area contributed by atoms with Crippen LogP contribution < -0.4 is 0 Å². The molecule has 0 fully saturated rings. The highest BCUT2D eigenvalue weighted by Crippen LogP contribution is 2.46. The van der Waals surface area contributed by atoms with Gasteiger partial charge in [-0.05, 0) is 52.9 Å². The van der Waals surface area contributed by atoms with Crippen molar-refractivity contribution in [3.8, 4) is 0 Å². The first-order chi connectivity index (χ1) is 14.4. The van der Waals surface area contributed by atoms with Gasteiger partial charge in [-0.15, -0.1) is 0 Å². The van der Waals surface area contributed by atoms with Gasteiger partial charge in [-0.1, -0.05) is 60.7 Å². The third-order valence-electron chi connectivity index (χ3n) is 5.21. The van der Waals surface area contributed by atoms with Gasteiger partial charge < -0.3 is 4.74 Å². The molecule has 0 amide bonds. The Kier molecular flexibility index (Phi) is 5.20. The largest absolute Gasteiger partial charge is 0.462 e. The predicted molar refractivity (Wildman–Crippen MR) is 109 cm³/mol. The SMILES string of the molecule is CCOC(=O)c1ccc2c(c1)C(c1ccccc1C(F)(F)F)C=C2c1ccccc1. The minimum Gasteiger partial charge on any atom is -0.462 e. The number of carbonyl (C=O) groups is 1. The molecule has 3 aromatic rings. The molecule has 0 radical (unpaired) electrons. The summed E-state index contributed by atoms with van der Waals surface area (Å²) in [6.45, 7) is 1.94. The summed E-state index contributed by atoms with van der Waals surface area (Å²) in [5.41, 5.74) is 3.06. The van der Waals surface area contributed by atoms with E-state index in [1.807, 2.05) is 36.4 Å². The van der Waals surface area contributed by atoms with Gasteiger partial charge in [-0.3, -0.25) is 0 Å². The van der Waals surface area contributed by atoms with Crippen LogP contribution in [0.15, 0.2) is 78.9 Å². The lowest BCUT2D eigenvalue weighted by Gasteiger charge is -2.18. The van der Waals surface area contributed by atoms with E-state index in [4.69, 9.17) is 4.74 Å².